The fourth-order valence-electron chi connectivity index (χ4n) is 1.96. The number of anilines is 1. The van der Waals surface area contributed by atoms with Gasteiger partial charge < -0.3 is 15.7 Å². The summed E-state index contributed by atoms with van der Waals surface area (Å²) in [6.45, 7) is 2.97. The zero-order chi connectivity index (χ0) is 15.0. The van der Waals surface area contributed by atoms with Gasteiger partial charge in [-0.1, -0.05) is 37.8 Å². The van der Waals surface area contributed by atoms with Crippen LogP contribution in [0.2, 0.25) is 5.15 Å². The number of aliphatic hydroxyl groups excluding tert-OH is 1. The van der Waals surface area contributed by atoms with E-state index < -0.39 is 0 Å². The molecule has 0 saturated heterocycles. The summed E-state index contributed by atoms with van der Waals surface area (Å²) >= 11 is 5.80. The van der Waals surface area contributed by atoms with Crippen molar-refractivity contribution in [2.24, 2.45) is 0 Å². The van der Waals surface area contributed by atoms with Crippen LogP contribution in [0.15, 0.2) is 12.3 Å². The smallest absolute Gasteiger partial charge is 0.256 e. The Morgan fingerprint density at radius 3 is 2.80 bits per heavy atom. The summed E-state index contributed by atoms with van der Waals surface area (Å²) in [5.74, 6) is -0.211. The number of carbonyl (C=O) groups is 1. The van der Waals surface area contributed by atoms with Crippen LogP contribution in [0.4, 0.5) is 5.69 Å². The Balaban J connectivity index is 2.74. The van der Waals surface area contributed by atoms with Crippen LogP contribution in [-0.4, -0.2) is 40.6 Å². The van der Waals surface area contributed by atoms with Crippen LogP contribution in [0.25, 0.3) is 0 Å². The molecule has 0 aliphatic rings. The Bertz CT molecular complexity index is 440. The fraction of sp³-hybridized carbons (Fsp3) is 0.571. The molecule has 0 fully saturated rings. The predicted octanol–water partition coefficient (Wildman–Crippen LogP) is 2.33. The normalized spacial score (nSPS) is 10.6. The molecule has 1 aromatic heterocycles. The number of nitrogens with zero attached hydrogens (tertiary/aromatic N) is 2. The zero-order valence-electron chi connectivity index (χ0n) is 11.8. The van der Waals surface area contributed by atoms with E-state index in [0.29, 0.717) is 24.3 Å². The standard InChI is InChI=1S/C14H22ClN3O2/c1-2-3-4-5-6-18(7-8-19)14(20)11-9-13(15)17-10-12(11)16/h9-10,19H,2-8,16H2,1H3. The second kappa shape index (κ2) is 8.76. The third-order valence-electron chi connectivity index (χ3n) is 3.07. The fourth-order valence-corrected chi connectivity index (χ4v) is 2.12. The zero-order valence-corrected chi connectivity index (χ0v) is 12.6. The monoisotopic (exact) mass is 299 g/mol. The number of carbonyl (C=O) groups excluding carboxylic acids is 1. The molecule has 0 bridgehead atoms. The summed E-state index contributed by atoms with van der Waals surface area (Å²) in [6.07, 6.45) is 5.64. The van der Waals surface area contributed by atoms with Crippen LogP contribution < -0.4 is 5.73 Å². The van der Waals surface area contributed by atoms with Crippen molar-refractivity contribution >= 4 is 23.2 Å². The first-order valence-electron chi connectivity index (χ1n) is 6.91. The van der Waals surface area contributed by atoms with E-state index in [2.05, 4.69) is 11.9 Å². The largest absolute Gasteiger partial charge is 0.397 e. The Morgan fingerprint density at radius 2 is 2.15 bits per heavy atom. The van der Waals surface area contributed by atoms with Crippen molar-refractivity contribution in [3.05, 3.63) is 23.0 Å². The van der Waals surface area contributed by atoms with Crippen molar-refractivity contribution in [3.8, 4) is 0 Å². The van der Waals surface area contributed by atoms with Crippen molar-refractivity contribution < 1.29 is 9.90 Å². The van der Waals surface area contributed by atoms with Gasteiger partial charge in [-0.15, -0.1) is 0 Å². The minimum Gasteiger partial charge on any atom is -0.397 e. The molecule has 0 unspecified atom stereocenters. The Morgan fingerprint density at radius 1 is 1.40 bits per heavy atom. The number of rotatable bonds is 8. The van der Waals surface area contributed by atoms with E-state index in [1.54, 1.807) is 4.90 Å². The summed E-state index contributed by atoms with van der Waals surface area (Å²) < 4.78 is 0. The molecule has 0 atom stereocenters. The molecule has 0 saturated carbocycles. The minimum atomic E-state index is -0.211. The number of pyridine rings is 1. The summed E-state index contributed by atoms with van der Waals surface area (Å²) in [5.41, 5.74) is 6.41. The Labute approximate surface area is 124 Å². The molecule has 1 aromatic rings. The van der Waals surface area contributed by atoms with Crippen LogP contribution in [0.5, 0.6) is 0 Å². The lowest BCUT2D eigenvalue weighted by molar-refractivity contribution is 0.0719. The lowest BCUT2D eigenvalue weighted by Gasteiger charge is -2.22. The van der Waals surface area contributed by atoms with Gasteiger partial charge in [0.25, 0.3) is 5.91 Å². The molecular weight excluding hydrogens is 278 g/mol. The molecule has 112 valence electrons. The van der Waals surface area contributed by atoms with Crippen LogP contribution in [0.3, 0.4) is 0 Å². The first-order chi connectivity index (χ1) is 9.60. The summed E-state index contributed by atoms with van der Waals surface area (Å²) in [4.78, 5) is 17.9. The minimum absolute atomic E-state index is 0.0712. The van der Waals surface area contributed by atoms with Crippen molar-refractivity contribution in [2.75, 3.05) is 25.4 Å². The number of aliphatic hydroxyl groups is 1. The summed E-state index contributed by atoms with van der Waals surface area (Å²) in [6, 6.07) is 1.47. The number of aromatic nitrogens is 1. The third kappa shape index (κ3) is 4.98. The van der Waals surface area contributed by atoms with Gasteiger partial charge >= 0.3 is 0 Å². The maximum absolute atomic E-state index is 12.4. The van der Waals surface area contributed by atoms with Crippen LogP contribution in [0.1, 0.15) is 43.0 Å². The molecule has 0 radical (unpaired) electrons. The maximum Gasteiger partial charge on any atom is 0.256 e. The van der Waals surface area contributed by atoms with Gasteiger partial charge in [0.2, 0.25) is 0 Å². The number of amides is 1. The molecule has 1 rings (SSSR count). The van der Waals surface area contributed by atoms with Crippen LogP contribution in [0, 0.1) is 0 Å². The van der Waals surface area contributed by atoms with Gasteiger partial charge in [-0.25, -0.2) is 4.98 Å². The van der Waals surface area contributed by atoms with Gasteiger partial charge in [0.05, 0.1) is 24.1 Å². The molecule has 1 amide bonds. The summed E-state index contributed by atoms with van der Waals surface area (Å²) in [7, 11) is 0. The SMILES string of the molecule is CCCCCCN(CCO)C(=O)c1cc(Cl)ncc1N. The number of nitrogens with two attached hydrogens (primary N) is 1. The van der Waals surface area contributed by atoms with E-state index in [9.17, 15) is 4.79 Å². The van der Waals surface area contributed by atoms with Gasteiger partial charge in [-0.3, -0.25) is 4.79 Å². The number of halogens is 1. The first kappa shape index (κ1) is 16.7. The van der Waals surface area contributed by atoms with Gasteiger partial charge in [-0.05, 0) is 12.5 Å². The number of nitrogen functional groups attached to an aromatic ring is 1. The van der Waals surface area contributed by atoms with E-state index >= 15 is 0 Å². The van der Waals surface area contributed by atoms with Crippen LogP contribution >= 0.6 is 11.6 Å². The van der Waals surface area contributed by atoms with Crippen LogP contribution in [-0.2, 0) is 0 Å². The molecule has 20 heavy (non-hydrogen) atoms. The maximum atomic E-state index is 12.4. The number of hydrogen-bond acceptors (Lipinski definition) is 4. The van der Waals surface area contributed by atoms with Crippen molar-refractivity contribution in [3.63, 3.8) is 0 Å². The van der Waals surface area contributed by atoms with Gasteiger partial charge in [0.15, 0.2) is 0 Å². The van der Waals surface area contributed by atoms with Gasteiger partial charge in [-0.2, -0.15) is 0 Å². The van der Waals surface area contributed by atoms with E-state index in [4.69, 9.17) is 22.4 Å². The van der Waals surface area contributed by atoms with E-state index in [1.807, 2.05) is 0 Å². The molecular formula is C14H22ClN3O2. The van der Waals surface area contributed by atoms with Gasteiger partial charge in [0, 0.05) is 13.1 Å². The topological polar surface area (TPSA) is 79.5 Å². The summed E-state index contributed by atoms with van der Waals surface area (Å²) in [5, 5.41) is 9.33. The first-order valence-corrected chi connectivity index (χ1v) is 7.29. The highest BCUT2D eigenvalue weighted by molar-refractivity contribution is 6.29. The molecule has 0 aromatic carbocycles. The van der Waals surface area contributed by atoms with E-state index in [0.717, 1.165) is 25.7 Å². The molecule has 6 heteroatoms. The second-order valence-electron chi connectivity index (χ2n) is 4.67. The molecule has 1 heterocycles. The average molecular weight is 300 g/mol. The molecule has 3 N–H and O–H groups in total. The quantitative estimate of drug-likeness (QED) is 0.570. The Kier molecular flexibility index (Phi) is 7.33. The Hall–Kier alpha value is -1.33. The van der Waals surface area contributed by atoms with E-state index in [1.165, 1.54) is 12.3 Å². The van der Waals surface area contributed by atoms with E-state index in [-0.39, 0.29) is 17.7 Å². The lowest BCUT2D eigenvalue weighted by atomic mass is 10.1. The highest BCUT2D eigenvalue weighted by Crippen LogP contribution is 2.17. The van der Waals surface area contributed by atoms with Gasteiger partial charge in [0.1, 0.15) is 5.15 Å². The highest BCUT2D eigenvalue weighted by Gasteiger charge is 2.18. The molecule has 0 aliphatic carbocycles. The third-order valence-corrected chi connectivity index (χ3v) is 3.28. The number of hydrogen-bond donors (Lipinski definition) is 2. The second-order valence-corrected chi connectivity index (χ2v) is 5.06. The average Bonchev–Trinajstić information content (AvgIpc) is 2.44. The molecule has 0 aliphatic heterocycles. The molecule has 5 nitrogen and oxygen atoms in total. The highest BCUT2D eigenvalue weighted by atomic mass is 35.5. The lowest BCUT2D eigenvalue weighted by Crippen LogP contribution is -2.35. The number of unbranched alkanes of at least 4 members (excludes halogenated alkanes) is 3. The predicted molar refractivity (Wildman–Crippen MR) is 80.8 cm³/mol. The van der Waals surface area contributed by atoms with Crippen molar-refractivity contribution in [2.45, 2.75) is 32.6 Å². The van der Waals surface area contributed by atoms with Crippen molar-refractivity contribution in [1.29, 1.82) is 0 Å². The molecule has 0 spiro atoms. The van der Waals surface area contributed by atoms with Crippen molar-refractivity contribution in [1.82, 2.24) is 9.88 Å².